The normalized spacial score (nSPS) is 11.0. The first-order chi connectivity index (χ1) is 10.9. The Bertz CT molecular complexity index is 527. The summed E-state index contributed by atoms with van der Waals surface area (Å²) in [4.78, 5) is 11.5. The number of hydrogen-bond donors (Lipinski definition) is 1. The third-order valence-electron chi connectivity index (χ3n) is 2.64. The van der Waals surface area contributed by atoms with Crippen LogP contribution in [0.15, 0.2) is 24.3 Å². The molecule has 0 saturated carbocycles. The van der Waals surface area contributed by atoms with Gasteiger partial charge in [0.1, 0.15) is 6.61 Å². The van der Waals surface area contributed by atoms with Crippen LogP contribution in [0, 0.1) is 11.3 Å². The molecule has 0 saturated heterocycles. The predicted octanol–water partition coefficient (Wildman–Crippen LogP) is 2.88. The van der Waals surface area contributed by atoms with Crippen LogP contribution in [0.4, 0.5) is 13.2 Å². The molecule has 1 aromatic rings. The van der Waals surface area contributed by atoms with E-state index >= 15 is 0 Å². The number of alkyl halides is 3. The molecule has 0 aliphatic heterocycles. The van der Waals surface area contributed by atoms with Crippen LogP contribution >= 0.6 is 11.8 Å². The van der Waals surface area contributed by atoms with Crippen molar-refractivity contribution in [2.75, 3.05) is 25.5 Å². The van der Waals surface area contributed by atoms with Crippen LogP contribution < -0.4 is 5.32 Å². The minimum Gasteiger partial charge on any atom is -0.372 e. The monoisotopic (exact) mass is 346 g/mol. The van der Waals surface area contributed by atoms with Crippen molar-refractivity contribution >= 4 is 17.7 Å². The molecule has 8 heteroatoms. The Hall–Kier alpha value is -1.72. The first-order valence-corrected chi connectivity index (χ1v) is 8.04. The van der Waals surface area contributed by atoms with Crippen LogP contribution in [0.25, 0.3) is 0 Å². The number of halogens is 3. The molecule has 0 aliphatic rings. The first-order valence-electron chi connectivity index (χ1n) is 6.88. The zero-order valence-electron chi connectivity index (χ0n) is 12.4. The summed E-state index contributed by atoms with van der Waals surface area (Å²) in [6, 6.07) is 9.14. The van der Waals surface area contributed by atoms with E-state index in [0.717, 1.165) is 5.56 Å². The van der Waals surface area contributed by atoms with E-state index in [-0.39, 0.29) is 24.8 Å². The zero-order valence-corrected chi connectivity index (χ0v) is 13.2. The smallest absolute Gasteiger partial charge is 0.372 e. The highest BCUT2D eigenvalue weighted by atomic mass is 32.2. The maximum atomic E-state index is 11.8. The standard InChI is InChI=1S/C15H17F3N2O2S/c16-15(17,18)11-22-7-1-6-20-14(21)10-23-9-13-4-2-12(8-19)3-5-13/h2-5H,1,6-7,9-11H2,(H,20,21). The van der Waals surface area contributed by atoms with E-state index in [1.807, 2.05) is 18.2 Å². The van der Waals surface area contributed by atoms with Crippen molar-refractivity contribution in [1.29, 1.82) is 5.26 Å². The first kappa shape index (κ1) is 19.3. The minimum absolute atomic E-state index is 0.0435. The Morgan fingerprint density at radius 1 is 1.30 bits per heavy atom. The van der Waals surface area contributed by atoms with Gasteiger partial charge in [-0.15, -0.1) is 11.8 Å². The van der Waals surface area contributed by atoms with Crippen LogP contribution in [0.2, 0.25) is 0 Å². The second kappa shape index (κ2) is 10.1. The van der Waals surface area contributed by atoms with E-state index in [2.05, 4.69) is 10.1 Å². The third kappa shape index (κ3) is 9.81. The fourth-order valence-electron chi connectivity index (χ4n) is 1.58. The Balaban J connectivity index is 2.05. The molecule has 4 nitrogen and oxygen atoms in total. The van der Waals surface area contributed by atoms with Crippen molar-refractivity contribution in [3.63, 3.8) is 0 Å². The molecule has 0 spiro atoms. The summed E-state index contributed by atoms with van der Waals surface area (Å²) in [6.07, 6.45) is -3.98. The highest BCUT2D eigenvalue weighted by Gasteiger charge is 2.27. The Morgan fingerprint density at radius 3 is 2.61 bits per heavy atom. The molecule has 0 bridgehead atoms. The summed E-state index contributed by atoms with van der Waals surface area (Å²) in [6.45, 7) is -1.02. The van der Waals surface area contributed by atoms with E-state index in [1.54, 1.807) is 12.1 Å². The molecule has 0 atom stereocenters. The van der Waals surface area contributed by atoms with E-state index < -0.39 is 12.8 Å². The van der Waals surface area contributed by atoms with Gasteiger partial charge in [-0.2, -0.15) is 18.4 Å². The lowest BCUT2D eigenvalue weighted by Crippen LogP contribution is -2.27. The van der Waals surface area contributed by atoms with Crippen molar-refractivity contribution in [1.82, 2.24) is 5.32 Å². The second-order valence-electron chi connectivity index (χ2n) is 4.67. The van der Waals surface area contributed by atoms with Crippen LogP contribution in [-0.2, 0) is 15.3 Å². The van der Waals surface area contributed by atoms with E-state index in [4.69, 9.17) is 5.26 Å². The van der Waals surface area contributed by atoms with Gasteiger partial charge in [-0.05, 0) is 24.1 Å². The fourth-order valence-corrected chi connectivity index (χ4v) is 2.40. The summed E-state index contributed by atoms with van der Waals surface area (Å²) >= 11 is 1.42. The van der Waals surface area contributed by atoms with Gasteiger partial charge >= 0.3 is 6.18 Å². The summed E-state index contributed by atoms with van der Waals surface area (Å²) in [5.41, 5.74) is 1.60. The number of rotatable bonds is 9. The molecule has 1 amide bonds. The number of ether oxygens (including phenoxy) is 1. The molecule has 0 aliphatic carbocycles. The largest absolute Gasteiger partial charge is 0.411 e. The van der Waals surface area contributed by atoms with Gasteiger partial charge < -0.3 is 10.1 Å². The summed E-state index contributed by atoms with van der Waals surface area (Å²) in [7, 11) is 0. The van der Waals surface area contributed by atoms with Gasteiger partial charge in [0.05, 0.1) is 17.4 Å². The molecule has 126 valence electrons. The highest BCUT2D eigenvalue weighted by molar-refractivity contribution is 7.99. The lowest BCUT2D eigenvalue weighted by molar-refractivity contribution is -0.174. The predicted molar refractivity (Wildman–Crippen MR) is 81.8 cm³/mol. The number of benzene rings is 1. The number of carbonyl (C=O) groups excluding carboxylic acids is 1. The molecule has 23 heavy (non-hydrogen) atoms. The average molecular weight is 346 g/mol. The van der Waals surface area contributed by atoms with Crippen LogP contribution in [0.1, 0.15) is 17.5 Å². The number of hydrogen-bond acceptors (Lipinski definition) is 4. The number of nitrogens with one attached hydrogen (secondary N) is 1. The summed E-state index contributed by atoms with van der Waals surface area (Å²) in [5, 5.41) is 11.3. The quantitative estimate of drug-likeness (QED) is 0.699. The molecule has 0 unspecified atom stereocenters. The number of thioether (sulfide) groups is 1. The molecular formula is C15H17F3N2O2S. The number of nitrogens with zero attached hydrogens (tertiary/aromatic N) is 1. The van der Waals surface area contributed by atoms with Crippen LogP contribution in [0.5, 0.6) is 0 Å². The second-order valence-corrected chi connectivity index (χ2v) is 5.66. The maximum Gasteiger partial charge on any atom is 0.411 e. The number of amides is 1. The highest BCUT2D eigenvalue weighted by Crippen LogP contribution is 2.14. The Morgan fingerprint density at radius 2 is 2.00 bits per heavy atom. The van der Waals surface area contributed by atoms with Crippen molar-refractivity contribution in [2.45, 2.75) is 18.3 Å². The molecule has 0 heterocycles. The van der Waals surface area contributed by atoms with Gasteiger partial charge in [-0.3, -0.25) is 4.79 Å². The number of carbonyl (C=O) groups is 1. The van der Waals surface area contributed by atoms with Gasteiger partial charge in [-0.25, -0.2) is 0 Å². The topological polar surface area (TPSA) is 62.1 Å². The molecule has 1 rings (SSSR count). The molecular weight excluding hydrogens is 329 g/mol. The van der Waals surface area contributed by atoms with E-state index in [9.17, 15) is 18.0 Å². The van der Waals surface area contributed by atoms with Crippen LogP contribution in [-0.4, -0.2) is 37.6 Å². The fraction of sp³-hybridized carbons (Fsp3) is 0.467. The summed E-state index contributed by atoms with van der Waals surface area (Å²) in [5.74, 6) is 0.747. The molecule has 1 N–H and O–H groups in total. The SMILES string of the molecule is N#Cc1ccc(CSCC(=O)NCCCOCC(F)(F)F)cc1. The molecule has 0 radical (unpaired) electrons. The Labute approximate surface area is 137 Å². The van der Waals surface area contributed by atoms with Gasteiger partial charge in [-0.1, -0.05) is 12.1 Å². The minimum atomic E-state index is -4.31. The lowest BCUT2D eigenvalue weighted by Gasteiger charge is -2.08. The zero-order chi connectivity index (χ0) is 17.1. The van der Waals surface area contributed by atoms with E-state index in [0.29, 0.717) is 17.7 Å². The van der Waals surface area contributed by atoms with Crippen molar-refractivity contribution in [3.05, 3.63) is 35.4 Å². The average Bonchev–Trinajstić information content (AvgIpc) is 2.50. The van der Waals surface area contributed by atoms with Crippen LogP contribution in [0.3, 0.4) is 0 Å². The van der Waals surface area contributed by atoms with Gasteiger partial charge in [0.2, 0.25) is 5.91 Å². The molecule has 1 aromatic carbocycles. The lowest BCUT2D eigenvalue weighted by atomic mass is 10.2. The van der Waals surface area contributed by atoms with E-state index in [1.165, 1.54) is 11.8 Å². The third-order valence-corrected chi connectivity index (χ3v) is 3.64. The molecule has 0 fully saturated rings. The molecule has 0 aromatic heterocycles. The summed E-state index contributed by atoms with van der Waals surface area (Å²) < 4.78 is 39.8. The van der Waals surface area contributed by atoms with Crippen molar-refractivity contribution in [3.8, 4) is 6.07 Å². The van der Waals surface area contributed by atoms with Crippen molar-refractivity contribution < 1.29 is 22.7 Å². The Kier molecular flexibility index (Phi) is 8.51. The van der Waals surface area contributed by atoms with Gasteiger partial charge in [0, 0.05) is 18.9 Å². The van der Waals surface area contributed by atoms with Crippen molar-refractivity contribution in [2.24, 2.45) is 0 Å². The number of nitriles is 1. The maximum absolute atomic E-state index is 11.8. The van der Waals surface area contributed by atoms with Gasteiger partial charge in [0.15, 0.2) is 0 Å². The van der Waals surface area contributed by atoms with Gasteiger partial charge in [0.25, 0.3) is 0 Å².